The Morgan fingerprint density at radius 2 is 1.01 bits per heavy atom. The van der Waals surface area contributed by atoms with Crippen molar-refractivity contribution in [1.29, 1.82) is 0 Å². The number of aliphatic carboxylic acids is 2. The van der Waals surface area contributed by atoms with Gasteiger partial charge in [0, 0.05) is 61.9 Å². The van der Waals surface area contributed by atoms with Crippen molar-refractivity contribution in [2.75, 3.05) is 49.2 Å². The van der Waals surface area contributed by atoms with E-state index in [1.54, 1.807) is 22.6 Å². The first-order valence-corrected chi connectivity index (χ1v) is 36.6. The van der Waals surface area contributed by atoms with Crippen LogP contribution < -0.4 is 92.5 Å². The molecule has 2 aromatic carbocycles. The number of nitrogens with zero attached hydrogens (tertiary/aromatic N) is 2. The number of primary amides is 2. The van der Waals surface area contributed by atoms with E-state index in [1.807, 2.05) is 0 Å². The molecule has 1 heterocycles. The van der Waals surface area contributed by atoms with Gasteiger partial charge >= 0.3 is 18.0 Å². The molecule has 592 valence electrons. The van der Waals surface area contributed by atoms with E-state index in [4.69, 9.17) is 28.7 Å². The zero-order valence-corrected chi connectivity index (χ0v) is 63.4. The molecule has 1 fully saturated rings. The topological polar surface area (TPSA) is 664 Å². The highest BCUT2D eigenvalue weighted by molar-refractivity contribution is 14.1. The van der Waals surface area contributed by atoms with Crippen molar-refractivity contribution in [3.8, 4) is 11.5 Å². The number of aliphatic hydroxyl groups excluding tert-OH is 1. The minimum Gasteiger partial charge on any atom is -0.508 e. The van der Waals surface area contributed by atoms with Crippen molar-refractivity contribution >= 4 is 174 Å². The van der Waals surface area contributed by atoms with Gasteiger partial charge in [-0.15, -0.1) is 0 Å². The Labute approximate surface area is 648 Å². The number of hydrogen-bond donors (Lipinski definition) is 26. The van der Waals surface area contributed by atoms with Crippen molar-refractivity contribution in [3.63, 3.8) is 0 Å². The van der Waals surface area contributed by atoms with E-state index in [0.717, 1.165) is 11.8 Å². The largest absolute Gasteiger partial charge is 0.508 e. The van der Waals surface area contributed by atoms with Crippen LogP contribution in [0.4, 0.5) is 4.79 Å². The van der Waals surface area contributed by atoms with Crippen LogP contribution in [0.3, 0.4) is 0 Å². The molecule has 27 N–H and O–H groups in total. The van der Waals surface area contributed by atoms with Crippen molar-refractivity contribution < 1.29 is 102 Å². The van der Waals surface area contributed by atoms with Gasteiger partial charge in [0.25, 0.3) is 0 Å². The van der Waals surface area contributed by atoms with E-state index in [0.29, 0.717) is 11.1 Å². The SMILES string of the molecule is C[C@@H](O)[C@H](NC(=O)[C@H](CS)NC(=O)[C@H](CS)NC(=O)CN)C(=O)N[C@@H](CC(=O)O)C(=O)N1CCC[C@H]1C(=O)N[C@@H](CCCN=C(N)N)C(=O)N[C@@H](CS)C(=O)N[C@@H](CCCNC(N)=O)C(=O)N[C@@H](Cc1ccc(O)c(I)c1)C(=O)N[C@@H](CCC(N)=O)C(=O)N[C@@H](CS)C(=O)N[C@@H](Cc1ccc(O)cc1)C(=O)O. The number of thiol groups is 4. The van der Waals surface area contributed by atoms with Gasteiger partial charge in [0.15, 0.2) is 5.96 Å². The van der Waals surface area contributed by atoms with Crippen LogP contribution in [0.1, 0.15) is 75.8 Å². The van der Waals surface area contributed by atoms with E-state index >= 15 is 0 Å². The number of aliphatic hydroxyl groups is 1. The minimum atomic E-state index is -1.97. The zero-order valence-electron chi connectivity index (χ0n) is 57.7. The standard InChI is InChI=1S/C62H92IN19O21S4/c1-28(83)48(81-56(97)42(27-107)80-53(94)39(24-104)71-46(87)23-64)58(99)76-37(22-47(88)89)59(100)82-18-4-7-43(82)57(98)74-34(5-2-16-69-61(66)67)50(91)78-40(25-105)54(95)72-33(6-3-17-70-62(68)103)49(90)75-36(21-30-10-14-44(85)32(63)19-30)52(93)73-35(13-15-45(65)86)51(92)79-41(26-106)55(96)77-38(60(101)102)20-29-8-11-31(84)12-9-29/h8-12,14,19,28,33-43,48,83-85,104-107H,2-7,13,15-18,20-27,64H2,1H3,(H2,65,86)(H,71,87)(H,72,95)(H,73,93)(H,74,98)(H,75,90)(H,76,99)(H,77,96)(H,78,91)(H,79,92)(H,80,94)(H,81,97)(H,88,89)(H,101,102)(H4,66,67,69)(H3,68,70,103)/t28-,33+,34+,35+,36+,37+,38+,39+,40+,41+,42+,43+,48+/m1/s1. The first kappa shape index (κ1) is 91.9. The Kier molecular flexibility index (Phi) is 40.1. The smallest absolute Gasteiger partial charge is 0.326 e. The number of nitrogens with one attached hydrogen (secondary N) is 12. The Morgan fingerprint density at radius 1 is 0.561 bits per heavy atom. The number of hydrogen-bond acceptors (Lipinski definition) is 25. The van der Waals surface area contributed by atoms with Gasteiger partial charge in [-0.2, -0.15) is 50.5 Å². The third kappa shape index (κ3) is 32.0. The van der Waals surface area contributed by atoms with Crippen LogP contribution in [0.2, 0.25) is 0 Å². The molecule has 13 atom stereocenters. The number of carbonyl (C=O) groups is 16. The minimum absolute atomic E-state index is 0.0261. The third-order valence-corrected chi connectivity index (χ3v) is 18.3. The van der Waals surface area contributed by atoms with Crippen LogP contribution >= 0.6 is 73.1 Å². The number of phenols is 2. The maximum absolute atomic E-state index is 14.7. The lowest BCUT2D eigenvalue weighted by molar-refractivity contribution is -0.146. The molecule has 0 spiro atoms. The number of phenolic OH excluding ortho intramolecular Hbond substituents is 2. The van der Waals surface area contributed by atoms with Crippen LogP contribution in [0.5, 0.6) is 11.5 Å². The molecule has 0 aromatic heterocycles. The summed E-state index contributed by atoms with van der Waals surface area (Å²) in [7, 11) is 0. The maximum atomic E-state index is 14.7. The summed E-state index contributed by atoms with van der Waals surface area (Å²) in [5.74, 6) is -18.9. The van der Waals surface area contributed by atoms with Gasteiger partial charge in [-0.25, -0.2) is 9.59 Å². The van der Waals surface area contributed by atoms with Gasteiger partial charge in [0.05, 0.1) is 22.6 Å². The number of guanidine groups is 1. The second kappa shape index (κ2) is 46.7. The maximum Gasteiger partial charge on any atom is 0.326 e. The molecular formula is C62H92IN19O21S4. The summed E-state index contributed by atoms with van der Waals surface area (Å²) in [6, 6.07) is -11.0. The fourth-order valence-electron chi connectivity index (χ4n) is 10.3. The summed E-state index contributed by atoms with van der Waals surface area (Å²) in [6.07, 6.45) is -5.28. The monoisotopic (exact) mass is 1690 g/mol. The fourth-order valence-corrected chi connectivity index (χ4v) is 11.9. The molecule has 45 heteroatoms. The number of benzene rings is 2. The highest BCUT2D eigenvalue weighted by atomic mass is 127. The molecule has 0 aliphatic carbocycles. The molecule has 0 saturated carbocycles. The van der Waals surface area contributed by atoms with Crippen molar-refractivity contribution in [2.24, 2.45) is 33.7 Å². The van der Waals surface area contributed by atoms with Crippen molar-refractivity contribution in [1.82, 2.24) is 68.7 Å². The number of amides is 15. The molecule has 15 amide bonds. The number of rotatable bonds is 46. The number of carboxylic acid groups (broad SMARTS) is 2. The number of carboxylic acids is 2. The molecule has 1 saturated heterocycles. The van der Waals surface area contributed by atoms with E-state index in [9.17, 15) is 102 Å². The lowest BCUT2D eigenvalue weighted by Gasteiger charge is -2.31. The van der Waals surface area contributed by atoms with Crippen LogP contribution in [-0.4, -0.2) is 259 Å². The average Bonchev–Trinajstić information content (AvgIpc) is 1.74. The first-order chi connectivity index (χ1) is 50.5. The van der Waals surface area contributed by atoms with Crippen LogP contribution in [0.25, 0.3) is 0 Å². The number of carbonyl (C=O) groups excluding carboxylic acids is 14. The van der Waals surface area contributed by atoms with Gasteiger partial charge in [0.1, 0.15) is 84.0 Å². The van der Waals surface area contributed by atoms with Gasteiger partial charge in [-0.1, -0.05) is 18.2 Å². The second-order valence-corrected chi connectivity index (χ2v) is 26.8. The number of nitrogens with two attached hydrogens (primary N) is 5. The Morgan fingerprint density at radius 3 is 1.50 bits per heavy atom. The molecule has 3 rings (SSSR count). The van der Waals surface area contributed by atoms with Gasteiger partial charge < -0.3 is 123 Å². The quantitative estimate of drug-likeness (QED) is 0.00962. The molecule has 0 radical (unpaired) electrons. The molecule has 2 aromatic rings. The number of halogens is 1. The summed E-state index contributed by atoms with van der Waals surface area (Å²) in [4.78, 5) is 220. The van der Waals surface area contributed by atoms with E-state index < -0.39 is 223 Å². The second-order valence-electron chi connectivity index (χ2n) is 24.2. The first-order valence-electron chi connectivity index (χ1n) is 33.0. The summed E-state index contributed by atoms with van der Waals surface area (Å²) in [5, 5.41) is 79.2. The number of aliphatic imine (C=N–C) groups is 1. The number of likely N-dealkylation sites (tertiary alicyclic amines) is 1. The average molecular weight is 1690 g/mol. The van der Waals surface area contributed by atoms with Gasteiger partial charge in [-0.3, -0.25) is 72.1 Å². The predicted octanol–water partition coefficient (Wildman–Crippen LogP) is -7.80. The molecule has 0 bridgehead atoms. The summed E-state index contributed by atoms with van der Waals surface area (Å²) in [6.45, 7) is 0.0814. The summed E-state index contributed by atoms with van der Waals surface area (Å²) < 4.78 is 0.288. The predicted molar refractivity (Wildman–Crippen MR) is 404 cm³/mol. The number of urea groups is 1. The van der Waals surface area contributed by atoms with Crippen molar-refractivity contribution in [3.05, 3.63) is 57.2 Å². The summed E-state index contributed by atoms with van der Waals surface area (Å²) >= 11 is 18.4. The van der Waals surface area contributed by atoms with Crippen LogP contribution in [0.15, 0.2) is 47.5 Å². The molecule has 107 heavy (non-hydrogen) atoms. The molecule has 40 nitrogen and oxygen atoms in total. The lowest BCUT2D eigenvalue weighted by Crippen LogP contribution is -2.62. The fraction of sp³-hybridized carbons (Fsp3) is 0.532. The molecule has 1 aliphatic heterocycles. The normalized spacial score (nSPS) is 15.7. The third-order valence-electron chi connectivity index (χ3n) is 15.9. The summed E-state index contributed by atoms with van der Waals surface area (Å²) in [5.41, 5.74) is 27.8. The molecular weight excluding hydrogens is 1600 g/mol. The van der Waals surface area contributed by atoms with E-state index in [1.165, 1.54) is 42.5 Å². The Balaban J connectivity index is 1.96. The van der Waals surface area contributed by atoms with Crippen LogP contribution in [0, 0.1) is 3.57 Å². The van der Waals surface area contributed by atoms with E-state index in [2.05, 4.69) is 119 Å². The van der Waals surface area contributed by atoms with Crippen LogP contribution in [-0.2, 0) is 84.8 Å². The van der Waals surface area contributed by atoms with Gasteiger partial charge in [-0.05, 0) is 110 Å². The van der Waals surface area contributed by atoms with E-state index in [-0.39, 0.29) is 91.4 Å². The Bertz CT molecular complexity index is 3530. The number of aromatic hydroxyl groups is 2. The molecule has 0 unspecified atom stereocenters. The zero-order chi connectivity index (χ0) is 80.4. The lowest BCUT2D eigenvalue weighted by atomic mass is 10.0. The van der Waals surface area contributed by atoms with Gasteiger partial charge in [0.2, 0.25) is 76.8 Å². The van der Waals surface area contributed by atoms with Crippen molar-refractivity contribution in [2.45, 2.75) is 156 Å². The molecule has 1 aliphatic rings. The Hall–Kier alpha value is -9.32. The highest BCUT2D eigenvalue weighted by Crippen LogP contribution is 2.23. The highest BCUT2D eigenvalue weighted by Gasteiger charge is 2.42.